The lowest BCUT2D eigenvalue weighted by Gasteiger charge is -2.08. The third-order valence-electron chi connectivity index (χ3n) is 3.11. The summed E-state index contributed by atoms with van der Waals surface area (Å²) in [6.45, 7) is 1.23. The van der Waals surface area contributed by atoms with Gasteiger partial charge in [-0.25, -0.2) is 0 Å². The molecule has 1 aliphatic rings. The molecule has 3 rings (SSSR count). The monoisotopic (exact) mass is 317 g/mol. The third kappa shape index (κ3) is 2.55. The van der Waals surface area contributed by atoms with Crippen molar-refractivity contribution in [2.24, 2.45) is 0 Å². The number of halogens is 1. The Balaban J connectivity index is 1.83. The molecule has 1 heterocycles. The number of hydrogen-bond donors (Lipinski definition) is 1. The fourth-order valence-electron chi connectivity index (χ4n) is 2.07. The second-order valence-corrected chi connectivity index (χ2v) is 5.26. The van der Waals surface area contributed by atoms with Crippen LogP contribution in [-0.2, 0) is 18.0 Å². The standard InChI is InChI=1S/C15H12BrNO2/c16-13-3-1-2-4-14(13)17-15(18)10-5-6-11-8-19-9-12(11)7-10/h1-7H,8-9H2,(H,17,18). The molecule has 0 saturated carbocycles. The summed E-state index contributed by atoms with van der Waals surface area (Å²) in [5.41, 5.74) is 3.68. The van der Waals surface area contributed by atoms with Gasteiger partial charge in [0.05, 0.1) is 18.9 Å². The van der Waals surface area contributed by atoms with Gasteiger partial charge in [-0.3, -0.25) is 4.79 Å². The Labute approximate surface area is 119 Å². The number of amides is 1. The van der Waals surface area contributed by atoms with E-state index >= 15 is 0 Å². The highest BCUT2D eigenvalue weighted by Crippen LogP contribution is 2.24. The topological polar surface area (TPSA) is 38.3 Å². The largest absolute Gasteiger partial charge is 0.372 e. The third-order valence-corrected chi connectivity index (χ3v) is 3.80. The molecule has 0 aliphatic carbocycles. The smallest absolute Gasteiger partial charge is 0.255 e. The minimum atomic E-state index is -0.110. The van der Waals surface area contributed by atoms with Gasteiger partial charge >= 0.3 is 0 Å². The van der Waals surface area contributed by atoms with E-state index in [1.165, 1.54) is 0 Å². The van der Waals surface area contributed by atoms with Crippen molar-refractivity contribution >= 4 is 27.5 Å². The average Bonchev–Trinajstić information content (AvgIpc) is 2.88. The van der Waals surface area contributed by atoms with E-state index in [0.29, 0.717) is 18.8 Å². The Bertz CT molecular complexity index is 640. The molecule has 0 radical (unpaired) electrons. The van der Waals surface area contributed by atoms with Gasteiger partial charge in [0.25, 0.3) is 5.91 Å². The lowest BCUT2D eigenvalue weighted by atomic mass is 10.1. The van der Waals surface area contributed by atoms with Crippen LogP contribution >= 0.6 is 15.9 Å². The number of carbonyl (C=O) groups is 1. The number of benzene rings is 2. The van der Waals surface area contributed by atoms with Crippen molar-refractivity contribution in [2.75, 3.05) is 5.32 Å². The Morgan fingerprint density at radius 3 is 2.74 bits per heavy atom. The number of anilines is 1. The summed E-state index contributed by atoms with van der Waals surface area (Å²) in [6.07, 6.45) is 0. The Hall–Kier alpha value is -1.65. The Morgan fingerprint density at radius 2 is 1.89 bits per heavy atom. The maximum absolute atomic E-state index is 12.2. The summed E-state index contributed by atoms with van der Waals surface area (Å²) >= 11 is 3.41. The Morgan fingerprint density at radius 1 is 1.11 bits per heavy atom. The van der Waals surface area contributed by atoms with Gasteiger partial charge in [-0.15, -0.1) is 0 Å². The van der Waals surface area contributed by atoms with Gasteiger partial charge in [0.1, 0.15) is 0 Å². The highest BCUT2D eigenvalue weighted by Gasteiger charge is 2.14. The molecule has 0 aromatic heterocycles. The van der Waals surface area contributed by atoms with E-state index in [-0.39, 0.29) is 5.91 Å². The molecular weight excluding hydrogens is 306 g/mol. The van der Waals surface area contributed by atoms with Gasteiger partial charge in [0.2, 0.25) is 0 Å². The summed E-state index contributed by atoms with van der Waals surface area (Å²) < 4.78 is 6.22. The zero-order chi connectivity index (χ0) is 13.2. The number of ether oxygens (including phenoxy) is 1. The number of rotatable bonds is 2. The average molecular weight is 318 g/mol. The lowest BCUT2D eigenvalue weighted by Crippen LogP contribution is -2.12. The summed E-state index contributed by atoms with van der Waals surface area (Å²) in [7, 11) is 0. The van der Waals surface area contributed by atoms with Gasteiger partial charge < -0.3 is 10.1 Å². The first-order valence-electron chi connectivity index (χ1n) is 5.99. The van der Waals surface area contributed by atoms with Crippen molar-refractivity contribution in [2.45, 2.75) is 13.2 Å². The van der Waals surface area contributed by atoms with Crippen molar-refractivity contribution in [3.63, 3.8) is 0 Å². The second kappa shape index (κ2) is 5.15. The molecule has 2 aromatic carbocycles. The van der Waals surface area contributed by atoms with E-state index in [1.54, 1.807) is 0 Å². The molecule has 3 nitrogen and oxygen atoms in total. The second-order valence-electron chi connectivity index (χ2n) is 4.41. The fraction of sp³-hybridized carbons (Fsp3) is 0.133. The van der Waals surface area contributed by atoms with Gasteiger partial charge in [-0.1, -0.05) is 18.2 Å². The van der Waals surface area contributed by atoms with Crippen LogP contribution in [0, 0.1) is 0 Å². The highest BCUT2D eigenvalue weighted by atomic mass is 79.9. The van der Waals surface area contributed by atoms with Crippen LogP contribution in [0.2, 0.25) is 0 Å². The minimum absolute atomic E-state index is 0.110. The van der Waals surface area contributed by atoms with Crippen LogP contribution in [0.15, 0.2) is 46.9 Å². The molecule has 2 aromatic rings. The molecular formula is C15H12BrNO2. The minimum Gasteiger partial charge on any atom is -0.372 e. The first-order valence-corrected chi connectivity index (χ1v) is 6.79. The SMILES string of the molecule is O=C(Nc1ccccc1Br)c1ccc2c(c1)COC2. The molecule has 1 aliphatic heterocycles. The number of para-hydroxylation sites is 1. The molecule has 4 heteroatoms. The zero-order valence-electron chi connectivity index (χ0n) is 10.2. The van der Waals surface area contributed by atoms with Crippen molar-refractivity contribution in [1.29, 1.82) is 0 Å². The van der Waals surface area contributed by atoms with Gasteiger partial charge in [-0.05, 0) is 51.3 Å². The van der Waals surface area contributed by atoms with E-state index in [9.17, 15) is 4.79 Å². The zero-order valence-corrected chi connectivity index (χ0v) is 11.7. The molecule has 0 unspecified atom stereocenters. The molecule has 0 saturated heterocycles. The lowest BCUT2D eigenvalue weighted by molar-refractivity contribution is 0.102. The van der Waals surface area contributed by atoms with Gasteiger partial charge in [0.15, 0.2) is 0 Å². The Kier molecular flexibility index (Phi) is 3.36. The maximum atomic E-state index is 12.2. The molecule has 96 valence electrons. The molecule has 1 amide bonds. The van der Waals surface area contributed by atoms with Crippen molar-refractivity contribution < 1.29 is 9.53 Å². The first-order chi connectivity index (χ1) is 9.24. The van der Waals surface area contributed by atoms with E-state index in [0.717, 1.165) is 21.3 Å². The van der Waals surface area contributed by atoms with E-state index in [2.05, 4.69) is 21.2 Å². The summed E-state index contributed by atoms with van der Waals surface area (Å²) in [5, 5.41) is 2.89. The van der Waals surface area contributed by atoms with Crippen LogP contribution in [0.25, 0.3) is 0 Å². The fourth-order valence-corrected chi connectivity index (χ4v) is 2.45. The number of hydrogen-bond acceptors (Lipinski definition) is 2. The summed E-state index contributed by atoms with van der Waals surface area (Å²) in [4.78, 5) is 12.2. The quantitative estimate of drug-likeness (QED) is 0.916. The predicted octanol–water partition coefficient (Wildman–Crippen LogP) is 3.73. The molecule has 0 spiro atoms. The van der Waals surface area contributed by atoms with Gasteiger partial charge in [0, 0.05) is 10.0 Å². The van der Waals surface area contributed by atoms with Crippen LogP contribution in [0.1, 0.15) is 21.5 Å². The predicted molar refractivity (Wildman–Crippen MR) is 77.0 cm³/mol. The summed E-state index contributed by atoms with van der Waals surface area (Å²) in [5.74, 6) is -0.110. The summed E-state index contributed by atoms with van der Waals surface area (Å²) in [6, 6.07) is 13.2. The van der Waals surface area contributed by atoms with Crippen molar-refractivity contribution in [3.8, 4) is 0 Å². The number of carbonyl (C=O) groups excluding carboxylic acids is 1. The normalized spacial score (nSPS) is 13.1. The van der Waals surface area contributed by atoms with Crippen LogP contribution in [0.3, 0.4) is 0 Å². The number of nitrogens with one attached hydrogen (secondary N) is 1. The van der Waals surface area contributed by atoms with Crippen LogP contribution in [0.4, 0.5) is 5.69 Å². The molecule has 1 N–H and O–H groups in total. The molecule has 0 atom stereocenters. The first kappa shape index (κ1) is 12.4. The number of fused-ring (bicyclic) bond motifs is 1. The maximum Gasteiger partial charge on any atom is 0.255 e. The molecule has 0 fully saturated rings. The van der Waals surface area contributed by atoms with Crippen molar-refractivity contribution in [3.05, 3.63) is 63.6 Å². The van der Waals surface area contributed by atoms with Crippen LogP contribution in [0.5, 0.6) is 0 Å². The highest BCUT2D eigenvalue weighted by molar-refractivity contribution is 9.10. The van der Waals surface area contributed by atoms with E-state index < -0.39 is 0 Å². The molecule has 0 bridgehead atoms. The van der Waals surface area contributed by atoms with E-state index in [1.807, 2.05) is 42.5 Å². The van der Waals surface area contributed by atoms with Crippen molar-refractivity contribution in [1.82, 2.24) is 0 Å². The van der Waals surface area contributed by atoms with Gasteiger partial charge in [-0.2, -0.15) is 0 Å². The van der Waals surface area contributed by atoms with Crippen LogP contribution < -0.4 is 5.32 Å². The van der Waals surface area contributed by atoms with Crippen LogP contribution in [-0.4, -0.2) is 5.91 Å². The molecule has 19 heavy (non-hydrogen) atoms. The van der Waals surface area contributed by atoms with E-state index in [4.69, 9.17) is 4.74 Å².